The smallest absolute Gasteiger partial charge is 0.0916 e. The molecule has 0 spiro atoms. The van der Waals surface area contributed by atoms with E-state index in [0.29, 0.717) is 18.4 Å². The fraction of sp³-hybridized carbons (Fsp3) is 0.600. The van der Waals surface area contributed by atoms with Crippen LogP contribution in [0.5, 0.6) is 0 Å². The van der Waals surface area contributed by atoms with Crippen LogP contribution in [0.4, 0.5) is 5.69 Å². The molecule has 1 saturated carbocycles. The minimum Gasteiger partial charge on any atom is -0.399 e. The van der Waals surface area contributed by atoms with Gasteiger partial charge in [0.05, 0.1) is 12.2 Å². The number of nitrogens with two attached hydrogens (primary N) is 1. The van der Waals surface area contributed by atoms with E-state index in [1.807, 2.05) is 24.3 Å². The third-order valence-electron chi connectivity index (χ3n) is 4.65. The molecule has 1 aromatic carbocycles. The van der Waals surface area contributed by atoms with E-state index in [2.05, 4.69) is 4.90 Å². The molecule has 4 heteroatoms. The zero-order valence-electron chi connectivity index (χ0n) is 11.1. The summed E-state index contributed by atoms with van der Waals surface area (Å²) in [5, 5.41) is 20.2. The highest BCUT2D eigenvalue weighted by atomic mass is 16.3. The third-order valence-corrected chi connectivity index (χ3v) is 4.65. The average molecular weight is 262 g/mol. The van der Waals surface area contributed by atoms with E-state index < -0.39 is 6.10 Å². The second kappa shape index (κ2) is 5.12. The van der Waals surface area contributed by atoms with E-state index in [1.54, 1.807) is 0 Å². The summed E-state index contributed by atoms with van der Waals surface area (Å²) in [4.78, 5) is 2.28. The summed E-state index contributed by atoms with van der Waals surface area (Å²) in [5.41, 5.74) is 7.27. The fourth-order valence-electron chi connectivity index (χ4n) is 3.55. The van der Waals surface area contributed by atoms with Crippen molar-refractivity contribution in [1.29, 1.82) is 0 Å². The van der Waals surface area contributed by atoms with Crippen LogP contribution in [0, 0.1) is 11.8 Å². The molecule has 1 aliphatic heterocycles. The van der Waals surface area contributed by atoms with Crippen molar-refractivity contribution in [3.8, 4) is 0 Å². The van der Waals surface area contributed by atoms with Gasteiger partial charge < -0.3 is 15.9 Å². The van der Waals surface area contributed by atoms with Crippen LogP contribution in [-0.2, 0) is 0 Å². The third kappa shape index (κ3) is 2.61. The first-order chi connectivity index (χ1) is 9.13. The summed E-state index contributed by atoms with van der Waals surface area (Å²) in [6.45, 7) is 2.56. The highest BCUT2D eigenvalue weighted by molar-refractivity contribution is 5.39. The van der Waals surface area contributed by atoms with E-state index in [1.165, 1.54) is 0 Å². The molecule has 0 aromatic heterocycles. The van der Waals surface area contributed by atoms with Gasteiger partial charge in [-0.25, -0.2) is 0 Å². The topological polar surface area (TPSA) is 69.7 Å². The first-order valence-electron chi connectivity index (χ1n) is 7.07. The van der Waals surface area contributed by atoms with E-state index in [0.717, 1.165) is 37.2 Å². The number of β-amino-alcohol motifs (C(OH)–C–C–N with tert-alkyl or cyclic N) is 1. The second-order valence-corrected chi connectivity index (χ2v) is 5.97. The summed E-state index contributed by atoms with van der Waals surface area (Å²) in [5.74, 6) is 1.03. The van der Waals surface area contributed by atoms with Gasteiger partial charge >= 0.3 is 0 Å². The Balaban J connectivity index is 1.59. The maximum Gasteiger partial charge on any atom is 0.0916 e. The van der Waals surface area contributed by atoms with Crippen molar-refractivity contribution in [3.63, 3.8) is 0 Å². The Morgan fingerprint density at radius 3 is 2.63 bits per heavy atom. The summed E-state index contributed by atoms with van der Waals surface area (Å²) in [6.07, 6.45) is 1.46. The van der Waals surface area contributed by atoms with Crippen molar-refractivity contribution in [2.45, 2.75) is 25.0 Å². The van der Waals surface area contributed by atoms with Crippen molar-refractivity contribution < 1.29 is 10.2 Å². The maximum atomic E-state index is 10.3. The number of likely N-dealkylation sites (tertiary alicyclic amines) is 1. The number of aliphatic hydroxyl groups excluding tert-OH is 2. The van der Waals surface area contributed by atoms with Gasteiger partial charge in [0, 0.05) is 31.2 Å². The first kappa shape index (κ1) is 12.9. The van der Waals surface area contributed by atoms with Crippen LogP contribution < -0.4 is 5.73 Å². The molecule has 1 saturated heterocycles. The number of nitrogen functional groups attached to an aromatic ring is 1. The fourth-order valence-corrected chi connectivity index (χ4v) is 3.55. The van der Waals surface area contributed by atoms with E-state index in [4.69, 9.17) is 5.73 Å². The Morgan fingerprint density at radius 1 is 1.21 bits per heavy atom. The lowest BCUT2D eigenvalue weighted by atomic mass is 10.00. The summed E-state index contributed by atoms with van der Waals surface area (Å²) in [7, 11) is 0. The number of benzene rings is 1. The summed E-state index contributed by atoms with van der Waals surface area (Å²) < 4.78 is 0. The maximum absolute atomic E-state index is 10.3. The zero-order valence-corrected chi connectivity index (χ0v) is 11.1. The molecule has 3 rings (SSSR count). The Kier molecular flexibility index (Phi) is 3.48. The monoisotopic (exact) mass is 262 g/mol. The van der Waals surface area contributed by atoms with Gasteiger partial charge in [0.25, 0.3) is 0 Å². The van der Waals surface area contributed by atoms with E-state index >= 15 is 0 Å². The van der Waals surface area contributed by atoms with Gasteiger partial charge in [-0.15, -0.1) is 0 Å². The van der Waals surface area contributed by atoms with Gasteiger partial charge in [-0.05, 0) is 36.5 Å². The number of rotatable bonds is 3. The number of anilines is 1. The Bertz CT molecular complexity index is 434. The van der Waals surface area contributed by atoms with Gasteiger partial charge in [-0.2, -0.15) is 0 Å². The molecule has 0 radical (unpaired) electrons. The predicted octanol–water partition coefficient (Wildman–Crippen LogP) is 1.00. The van der Waals surface area contributed by atoms with E-state index in [9.17, 15) is 10.2 Å². The molecule has 1 aromatic rings. The molecule has 104 valence electrons. The normalized spacial score (nSPS) is 32.4. The highest BCUT2D eigenvalue weighted by Crippen LogP contribution is 2.38. The van der Waals surface area contributed by atoms with Crippen LogP contribution >= 0.6 is 0 Å². The van der Waals surface area contributed by atoms with E-state index in [-0.39, 0.29) is 6.10 Å². The van der Waals surface area contributed by atoms with Crippen molar-refractivity contribution in [2.75, 3.05) is 25.4 Å². The van der Waals surface area contributed by atoms with Crippen molar-refractivity contribution in [1.82, 2.24) is 4.90 Å². The first-order valence-corrected chi connectivity index (χ1v) is 7.07. The van der Waals surface area contributed by atoms with Gasteiger partial charge in [-0.3, -0.25) is 4.90 Å². The number of hydrogen-bond acceptors (Lipinski definition) is 4. The molecule has 4 unspecified atom stereocenters. The lowest BCUT2D eigenvalue weighted by Gasteiger charge is -2.21. The lowest BCUT2D eigenvalue weighted by molar-refractivity contribution is 0.101. The molecule has 0 bridgehead atoms. The van der Waals surface area contributed by atoms with Crippen molar-refractivity contribution >= 4 is 5.69 Å². The Morgan fingerprint density at radius 2 is 1.95 bits per heavy atom. The molecule has 1 aliphatic carbocycles. The van der Waals surface area contributed by atoms with Crippen molar-refractivity contribution in [2.24, 2.45) is 11.8 Å². The van der Waals surface area contributed by atoms with Crippen LogP contribution in [0.2, 0.25) is 0 Å². The molecule has 0 amide bonds. The van der Waals surface area contributed by atoms with Gasteiger partial charge in [0.15, 0.2) is 0 Å². The molecular weight excluding hydrogens is 240 g/mol. The van der Waals surface area contributed by atoms with Crippen molar-refractivity contribution in [3.05, 3.63) is 29.8 Å². The van der Waals surface area contributed by atoms with Crippen LogP contribution in [0.3, 0.4) is 0 Å². The van der Waals surface area contributed by atoms with Gasteiger partial charge in [0.2, 0.25) is 0 Å². The molecule has 19 heavy (non-hydrogen) atoms. The zero-order chi connectivity index (χ0) is 13.4. The second-order valence-electron chi connectivity index (χ2n) is 5.97. The molecule has 2 aliphatic rings. The largest absolute Gasteiger partial charge is 0.399 e. The lowest BCUT2D eigenvalue weighted by Crippen LogP contribution is -2.29. The Labute approximate surface area is 113 Å². The average Bonchev–Trinajstić information content (AvgIpc) is 2.93. The Hall–Kier alpha value is -1.10. The molecular formula is C15H22N2O2. The molecule has 4 N–H and O–H groups in total. The number of aliphatic hydroxyl groups is 2. The minimum absolute atomic E-state index is 0.135. The van der Waals surface area contributed by atoms with Crippen LogP contribution in [0.1, 0.15) is 24.5 Å². The standard InChI is InChI=1S/C15H22N2O2/c16-12-4-1-10(2-5-12)15(19)9-17-7-11-3-6-14(18)13(11)8-17/h1-2,4-5,11,13-15,18-19H,3,6-9,16H2. The summed E-state index contributed by atoms with van der Waals surface area (Å²) in [6, 6.07) is 7.40. The molecule has 4 atom stereocenters. The quantitative estimate of drug-likeness (QED) is 0.711. The molecule has 2 fully saturated rings. The number of fused-ring (bicyclic) bond motifs is 1. The van der Waals surface area contributed by atoms with Gasteiger partial charge in [-0.1, -0.05) is 12.1 Å². The number of nitrogens with zero attached hydrogens (tertiary/aromatic N) is 1. The van der Waals surface area contributed by atoms with Crippen LogP contribution in [-0.4, -0.2) is 40.9 Å². The van der Waals surface area contributed by atoms with Gasteiger partial charge in [0.1, 0.15) is 0 Å². The molecule has 4 nitrogen and oxygen atoms in total. The van der Waals surface area contributed by atoms with Crippen LogP contribution in [0.25, 0.3) is 0 Å². The van der Waals surface area contributed by atoms with Crippen LogP contribution in [0.15, 0.2) is 24.3 Å². The SMILES string of the molecule is Nc1ccc(C(O)CN2CC3CCC(O)C3C2)cc1. The summed E-state index contributed by atoms with van der Waals surface area (Å²) >= 11 is 0. The molecule has 1 heterocycles. The highest BCUT2D eigenvalue weighted by Gasteiger charge is 2.41. The minimum atomic E-state index is -0.475. The number of hydrogen-bond donors (Lipinski definition) is 3. The predicted molar refractivity (Wildman–Crippen MR) is 74.5 cm³/mol.